The summed E-state index contributed by atoms with van der Waals surface area (Å²) in [4.78, 5) is 0. The van der Waals surface area contributed by atoms with E-state index in [1.807, 2.05) is 0 Å². The van der Waals surface area contributed by atoms with Crippen molar-refractivity contribution < 1.29 is 0 Å². The van der Waals surface area contributed by atoms with Gasteiger partial charge in [0.25, 0.3) is 0 Å². The Balaban J connectivity index is 1.12. The number of hydrogen-bond acceptors (Lipinski definition) is 0. The van der Waals surface area contributed by atoms with E-state index in [1.54, 1.807) is 19.3 Å². The normalized spacial score (nSPS) is 74.9. The summed E-state index contributed by atoms with van der Waals surface area (Å²) < 4.78 is 0. The summed E-state index contributed by atoms with van der Waals surface area (Å²) in [5, 5.41) is 0. The third kappa shape index (κ3) is 1.62. The summed E-state index contributed by atoms with van der Waals surface area (Å²) in [6.45, 7) is 15.7. The Labute approximate surface area is 167 Å². The fourth-order valence-corrected chi connectivity index (χ4v) is 12.4. The Morgan fingerprint density at radius 1 is 0.407 bits per heavy atom. The van der Waals surface area contributed by atoms with Crippen LogP contribution in [0.25, 0.3) is 0 Å². The third-order valence-corrected chi connectivity index (χ3v) is 13.7. The van der Waals surface area contributed by atoms with Crippen molar-refractivity contribution in [3.63, 3.8) is 0 Å². The molecule has 150 valence electrons. The van der Waals surface area contributed by atoms with Gasteiger partial charge in [0.15, 0.2) is 0 Å². The van der Waals surface area contributed by atoms with E-state index < -0.39 is 0 Å². The molecule has 18 unspecified atom stereocenters. The van der Waals surface area contributed by atoms with Gasteiger partial charge in [0.05, 0.1) is 0 Å². The smallest absolute Gasteiger partial charge is 0.0315 e. The Morgan fingerprint density at radius 2 is 0.778 bits per heavy atom. The Bertz CT molecular complexity index is 663. The van der Waals surface area contributed by atoms with Crippen LogP contribution in [-0.4, -0.2) is 0 Å². The van der Waals surface area contributed by atoms with Crippen molar-refractivity contribution in [1.29, 1.82) is 0 Å². The van der Waals surface area contributed by atoms with E-state index >= 15 is 0 Å². The SMILES string of the molecule is CC1C(CC2C(C)C3CC2C2C4C(C)C(C)C4C32)C2CC1C1C(C)C(C)C21. The second-order valence-corrected chi connectivity index (χ2v) is 13.3. The zero-order valence-electron chi connectivity index (χ0n) is 18.5. The van der Waals surface area contributed by atoms with Crippen LogP contribution in [0.15, 0.2) is 0 Å². The molecule has 0 spiro atoms. The Hall–Kier alpha value is 0. The average molecular weight is 367 g/mol. The molecule has 0 N–H and O–H groups in total. The molecule has 0 aliphatic heterocycles. The van der Waals surface area contributed by atoms with Crippen molar-refractivity contribution in [1.82, 2.24) is 0 Å². The number of hydrogen-bond donors (Lipinski definition) is 0. The Kier molecular flexibility index (Phi) is 3.10. The van der Waals surface area contributed by atoms with Crippen LogP contribution < -0.4 is 0 Å². The van der Waals surface area contributed by atoms with Gasteiger partial charge in [-0.1, -0.05) is 41.5 Å². The second kappa shape index (κ2) is 5.00. The predicted molar refractivity (Wildman–Crippen MR) is 111 cm³/mol. The summed E-state index contributed by atoms with van der Waals surface area (Å²) in [6.07, 6.45) is 4.90. The summed E-state index contributed by atoms with van der Waals surface area (Å²) >= 11 is 0. The summed E-state index contributed by atoms with van der Waals surface area (Å²) in [6, 6.07) is 0. The highest BCUT2D eigenvalue weighted by Gasteiger charge is 2.74. The zero-order valence-corrected chi connectivity index (χ0v) is 18.5. The van der Waals surface area contributed by atoms with Crippen molar-refractivity contribution in [2.45, 2.75) is 60.8 Å². The van der Waals surface area contributed by atoms with Crippen molar-refractivity contribution in [2.24, 2.45) is 107 Å². The van der Waals surface area contributed by atoms with Gasteiger partial charge in [-0.05, 0) is 126 Å². The molecule has 7 saturated carbocycles. The van der Waals surface area contributed by atoms with Crippen LogP contribution in [0.3, 0.4) is 0 Å². The highest BCUT2D eigenvalue weighted by molar-refractivity contribution is 5.21. The molecule has 7 rings (SSSR count). The second-order valence-electron chi connectivity index (χ2n) is 13.3. The fraction of sp³-hybridized carbons (Fsp3) is 1.00. The van der Waals surface area contributed by atoms with Crippen LogP contribution in [0.5, 0.6) is 0 Å². The molecule has 0 amide bonds. The Morgan fingerprint density at radius 3 is 1.33 bits per heavy atom. The van der Waals surface area contributed by atoms with E-state index in [0.717, 1.165) is 94.7 Å². The summed E-state index contributed by atoms with van der Waals surface area (Å²) in [5.74, 6) is 19.9. The van der Waals surface area contributed by atoms with E-state index in [2.05, 4.69) is 41.5 Å². The number of fused-ring (bicyclic) bond motifs is 13. The first kappa shape index (κ1) is 16.8. The van der Waals surface area contributed by atoms with Crippen LogP contribution in [0.2, 0.25) is 0 Å². The molecule has 7 fully saturated rings. The molecule has 4 bridgehead atoms. The van der Waals surface area contributed by atoms with Crippen LogP contribution in [-0.2, 0) is 0 Å². The predicted octanol–water partition coefficient (Wildman–Crippen LogP) is 6.46. The van der Waals surface area contributed by atoms with Crippen LogP contribution in [0, 0.1) is 107 Å². The van der Waals surface area contributed by atoms with Crippen LogP contribution in [0.1, 0.15) is 60.8 Å². The van der Waals surface area contributed by atoms with E-state index in [9.17, 15) is 0 Å². The van der Waals surface area contributed by atoms with E-state index in [4.69, 9.17) is 0 Å². The van der Waals surface area contributed by atoms with Gasteiger partial charge < -0.3 is 0 Å². The molecule has 0 radical (unpaired) electrons. The van der Waals surface area contributed by atoms with Crippen molar-refractivity contribution in [2.75, 3.05) is 0 Å². The average Bonchev–Trinajstić information content (AvgIpc) is 3.32. The molecule has 0 saturated heterocycles. The first-order chi connectivity index (χ1) is 12.9. The lowest BCUT2D eigenvalue weighted by Crippen LogP contribution is -2.66. The lowest BCUT2D eigenvalue weighted by atomic mass is 9.35. The lowest BCUT2D eigenvalue weighted by molar-refractivity contribution is -0.228. The molecule has 0 heterocycles. The topological polar surface area (TPSA) is 0 Å². The van der Waals surface area contributed by atoms with Gasteiger partial charge in [-0.3, -0.25) is 0 Å². The van der Waals surface area contributed by atoms with Gasteiger partial charge in [0.2, 0.25) is 0 Å². The molecule has 0 aromatic carbocycles. The molecule has 18 atom stereocenters. The monoisotopic (exact) mass is 366 g/mol. The van der Waals surface area contributed by atoms with Crippen LogP contribution in [0.4, 0.5) is 0 Å². The largest absolute Gasteiger partial charge is 0.0620 e. The highest BCUT2D eigenvalue weighted by Crippen LogP contribution is 2.78. The molecule has 27 heavy (non-hydrogen) atoms. The van der Waals surface area contributed by atoms with Gasteiger partial charge in [0, 0.05) is 0 Å². The van der Waals surface area contributed by atoms with Crippen molar-refractivity contribution in [3.8, 4) is 0 Å². The number of rotatable bonds is 2. The van der Waals surface area contributed by atoms with Crippen LogP contribution >= 0.6 is 0 Å². The van der Waals surface area contributed by atoms with Gasteiger partial charge in [-0.15, -0.1) is 0 Å². The van der Waals surface area contributed by atoms with Gasteiger partial charge in [-0.2, -0.15) is 0 Å². The zero-order chi connectivity index (χ0) is 18.5. The minimum Gasteiger partial charge on any atom is -0.0620 e. The molecule has 0 nitrogen and oxygen atoms in total. The molecular formula is C27H42. The summed E-state index contributed by atoms with van der Waals surface area (Å²) in [7, 11) is 0. The van der Waals surface area contributed by atoms with E-state index in [-0.39, 0.29) is 0 Å². The molecule has 0 heteroatoms. The van der Waals surface area contributed by atoms with Crippen molar-refractivity contribution >= 4 is 0 Å². The molecule has 7 aliphatic rings. The van der Waals surface area contributed by atoms with E-state index in [0.29, 0.717) is 0 Å². The minimum absolute atomic E-state index is 1.03. The minimum atomic E-state index is 1.03. The maximum absolute atomic E-state index is 2.69. The highest BCUT2D eigenvalue weighted by atomic mass is 14.8. The standard InChI is InChI=1S/C27H42/c1-10-11(2)23-20-8-18(22(10)23)14(5)16(20)7-17-15(6)19-9-21(17)27-25-13(4)12(3)24(25)26(19)27/h10-27H,7-9H2,1-6H3. The van der Waals surface area contributed by atoms with Gasteiger partial charge in [0.1, 0.15) is 0 Å². The molecule has 0 aromatic rings. The lowest BCUT2D eigenvalue weighted by Gasteiger charge is -2.70. The van der Waals surface area contributed by atoms with Crippen molar-refractivity contribution in [3.05, 3.63) is 0 Å². The van der Waals surface area contributed by atoms with Gasteiger partial charge >= 0.3 is 0 Å². The fourth-order valence-electron chi connectivity index (χ4n) is 12.4. The quantitative estimate of drug-likeness (QED) is 0.526. The first-order valence-corrected chi connectivity index (χ1v) is 12.9. The molecule has 7 aliphatic carbocycles. The van der Waals surface area contributed by atoms with Gasteiger partial charge in [-0.25, -0.2) is 0 Å². The van der Waals surface area contributed by atoms with E-state index in [1.165, 1.54) is 11.8 Å². The molecule has 0 aromatic heterocycles. The molecular weight excluding hydrogens is 324 g/mol. The maximum Gasteiger partial charge on any atom is -0.0315 e. The maximum atomic E-state index is 2.69. The third-order valence-electron chi connectivity index (χ3n) is 13.7. The first-order valence-electron chi connectivity index (χ1n) is 12.9. The summed E-state index contributed by atoms with van der Waals surface area (Å²) in [5.41, 5.74) is 0.